The predicted molar refractivity (Wildman–Crippen MR) is 361 cm³/mol. The molecule has 0 radical (unpaired) electrons. The maximum Gasteiger partial charge on any atom is 0.397 e. The standard InChI is InChI=1S/C40H71NO14.C20H29NO.C12H26O4S/c1-15-27-40(11,48)33(44)22(5)30(43)20(3)18-38(9,47)35(55-37-32(53-28(42)16-2)26(41(12)13)17-21(4)50-37)23(6)31(24(7)36(46)52-27)54-29-19-39(10,49-14)34(45)25(8)51-29;1-13(2)14-6-8-16-15(12-14)7-9-17-19(16,3)10-5-11-20(17,4)18(21)22;1-2-3-4-5-6-7-8-9-10-11-12-16-17(13,14)15/h20-27,29,31-35,37,44-45,47-48H,15-19H2,1-14H3;6,8,12-13,17H,5,7,9-11H2,1-4H3,(H2,21,22);2-12H2,1H3,(H,13,14,15). The molecule has 0 bridgehead atoms. The molecule has 1 amide bonds. The Hall–Kier alpha value is -3.23. The number of ketones is 1. The van der Waals surface area contributed by atoms with Gasteiger partial charge in [0.2, 0.25) is 5.91 Å². The number of methoxy groups -OCH3 is 1. The molecule has 7 N–H and O–H groups in total. The Morgan fingerprint density at radius 2 is 1.41 bits per heavy atom. The first-order valence-corrected chi connectivity index (χ1v) is 36.7. The Morgan fingerprint density at radius 1 is 0.809 bits per heavy atom. The van der Waals surface area contributed by atoms with Crippen molar-refractivity contribution in [3.8, 4) is 0 Å². The number of carbonyl (C=O) groups is 4. The number of Topliss-reactive ketones (excluding diaryl/α,β-unsaturated/α-hetero) is 1. The van der Waals surface area contributed by atoms with Crippen molar-refractivity contribution >= 4 is 34.0 Å². The molecule has 5 aliphatic rings. The minimum absolute atomic E-state index is 0.0760. The Bertz CT molecular complexity index is 2660. The number of aryl methyl sites for hydroxylation is 1. The van der Waals surface area contributed by atoms with Crippen LogP contribution < -0.4 is 5.73 Å². The largest absolute Gasteiger partial charge is 0.459 e. The second-order valence-corrected chi connectivity index (χ2v) is 31.0. The van der Waals surface area contributed by atoms with Crippen molar-refractivity contribution in [1.82, 2.24) is 4.90 Å². The third-order valence-electron chi connectivity index (χ3n) is 21.7. The number of primary amides is 1. The number of carbonyl (C=O) groups excluding carboxylic acids is 4. The van der Waals surface area contributed by atoms with E-state index in [4.69, 9.17) is 43.4 Å². The molecule has 3 heterocycles. The van der Waals surface area contributed by atoms with Crippen LogP contribution in [0.3, 0.4) is 0 Å². The van der Waals surface area contributed by atoms with Gasteiger partial charge in [0.1, 0.15) is 23.6 Å². The summed E-state index contributed by atoms with van der Waals surface area (Å²) in [5.41, 5.74) is 5.04. The summed E-state index contributed by atoms with van der Waals surface area (Å²) in [7, 11) is 0.973. The molecule has 4 fully saturated rings. The van der Waals surface area contributed by atoms with Crippen molar-refractivity contribution < 1.29 is 89.9 Å². The van der Waals surface area contributed by atoms with E-state index >= 15 is 0 Å². The Morgan fingerprint density at radius 3 is 1.96 bits per heavy atom. The second-order valence-electron chi connectivity index (χ2n) is 29.9. The third-order valence-corrected chi connectivity index (χ3v) is 22.2. The van der Waals surface area contributed by atoms with E-state index in [0.29, 0.717) is 24.7 Å². The molecule has 0 spiro atoms. The highest BCUT2D eigenvalue weighted by Crippen LogP contribution is 2.57. The lowest BCUT2D eigenvalue weighted by molar-refractivity contribution is -0.319. The van der Waals surface area contributed by atoms with Gasteiger partial charge in [-0.3, -0.25) is 23.7 Å². The van der Waals surface area contributed by atoms with E-state index in [1.165, 1.54) is 95.9 Å². The number of aliphatic hydroxyl groups excluding tert-OH is 2. The maximum absolute atomic E-state index is 14.2. The van der Waals surface area contributed by atoms with Gasteiger partial charge in [-0.2, -0.15) is 8.42 Å². The van der Waals surface area contributed by atoms with Crippen LogP contribution in [0.1, 0.15) is 255 Å². The number of hydrogen-bond acceptors (Lipinski definition) is 19. The lowest BCUT2D eigenvalue weighted by Gasteiger charge is -2.54. The van der Waals surface area contributed by atoms with E-state index in [-0.39, 0.29) is 61.2 Å². The lowest BCUT2D eigenvalue weighted by Crippen LogP contribution is -2.61. The molecule has 6 rings (SSSR count). The first kappa shape index (κ1) is 83.2. The predicted octanol–water partition coefficient (Wildman–Crippen LogP) is 10.8. The monoisotopic (exact) mass is 1350 g/mol. The third kappa shape index (κ3) is 21.6. The fourth-order valence-corrected chi connectivity index (χ4v) is 16.0. The maximum atomic E-state index is 14.2. The van der Waals surface area contributed by atoms with Gasteiger partial charge in [0, 0.05) is 43.1 Å². The molecule has 3 saturated heterocycles. The van der Waals surface area contributed by atoms with Crippen LogP contribution in [-0.2, 0) is 78.8 Å². The zero-order valence-corrected chi connectivity index (χ0v) is 61.6. The number of amides is 1. The second kappa shape index (κ2) is 36.2. The molecule has 21 atom stereocenters. The van der Waals surface area contributed by atoms with Crippen LogP contribution in [0.4, 0.5) is 0 Å². The topological polar surface area (TPSA) is 307 Å². The van der Waals surface area contributed by atoms with E-state index in [0.717, 1.165) is 38.5 Å². The molecular formula is C72H126N2O19S. The quantitative estimate of drug-likeness (QED) is 0.0337. The van der Waals surface area contributed by atoms with Crippen LogP contribution in [0.2, 0.25) is 0 Å². The number of nitrogens with two attached hydrogens (primary N) is 1. The van der Waals surface area contributed by atoms with Crippen LogP contribution in [0.25, 0.3) is 0 Å². The van der Waals surface area contributed by atoms with Gasteiger partial charge in [-0.15, -0.1) is 0 Å². The number of ether oxygens (including phenoxy) is 7. The van der Waals surface area contributed by atoms with Crippen molar-refractivity contribution in [3.63, 3.8) is 0 Å². The number of aliphatic hydroxyl groups is 4. The molecule has 0 aromatic heterocycles. The molecule has 94 heavy (non-hydrogen) atoms. The zero-order chi connectivity index (χ0) is 71.1. The Labute approximate surface area is 564 Å². The minimum atomic E-state index is -4.23. The molecule has 544 valence electrons. The summed E-state index contributed by atoms with van der Waals surface area (Å²) in [6.07, 6.45) is 7.56. The Kier molecular flexibility index (Phi) is 32.0. The van der Waals surface area contributed by atoms with Crippen LogP contribution in [0, 0.1) is 35.0 Å². The number of benzene rings is 1. The number of esters is 2. The molecule has 21 nitrogen and oxygen atoms in total. The van der Waals surface area contributed by atoms with Gasteiger partial charge in [-0.05, 0) is 141 Å². The van der Waals surface area contributed by atoms with E-state index in [1.807, 2.05) is 25.9 Å². The average molecular weight is 1360 g/mol. The molecule has 1 saturated carbocycles. The number of hydrogen-bond donors (Lipinski definition) is 6. The minimum Gasteiger partial charge on any atom is -0.459 e. The van der Waals surface area contributed by atoms with Crippen molar-refractivity contribution in [1.29, 1.82) is 0 Å². The van der Waals surface area contributed by atoms with Crippen LogP contribution in [0.15, 0.2) is 18.2 Å². The number of rotatable bonds is 23. The number of nitrogens with zero attached hydrogens (tertiary/aromatic N) is 1. The van der Waals surface area contributed by atoms with Crippen LogP contribution >= 0.6 is 0 Å². The average Bonchev–Trinajstić information content (AvgIpc) is 0.727. The summed E-state index contributed by atoms with van der Waals surface area (Å²) in [5.74, 6) is -4.75. The van der Waals surface area contributed by atoms with Gasteiger partial charge >= 0.3 is 22.3 Å². The highest BCUT2D eigenvalue weighted by molar-refractivity contribution is 7.80. The number of likely N-dealkylation sites (N-methyl/N-ethyl adjacent to an activating group) is 1. The Balaban J connectivity index is 0.000000389. The summed E-state index contributed by atoms with van der Waals surface area (Å²) in [4.78, 5) is 55.0. The van der Waals surface area contributed by atoms with Crippen LogP contribution in [-0.4, -0.2) is 174 Å². The molecular weight excluding hydrogens is 1230 g/mol. The van der Waals surface area contributed by atoms with Gasteiger partial charge in [0.15, 0.2) is 18.7 Å². The summed E-state index contributed by atoms with van der Waals surface area (Å²) in [6, 6.07) is 6.70. The SMILES string of the molecule is CC(C)c1ccc2c(c1)CCC1C(C)(C(N)=O)CCCC21C.CCC(=O)OC1C(OC2C(C)C(OC3CC(C)(OC)C(O)C(C)O3)C(C)C(=O)OC(CC)C(C)(O)C(O)C(C)C(=O)C(C)CC2(C)O)OC(C)CC1N(C)C.CCCCCCCCCCCCOS(=O)(=O)O. The van der Waals surface area contributed by atoms with Gasteiger partial charge in [0.05, 0.1) is 60.3 Å². The summed E-state index contributed by atoms with van der Waals surface area (Å²) >= 11 is 0. The highest BCUT2D eigenvalue weighted by atomic mass is 32.3. The van der Waals surface area contributed by atoms with Crippen molar-refractivity contribution in [2.24, 2.45) is 40.7 Å². The van der Waals surface area contributed by atoms with E-state index < -0.39 is 124 Å². The number of fused-ring (bicyclic) bond motifs is 3. The summed E-state index contributed by atoms with van der Waals surface area (Å²) in [6.45, 7) is 29.3. The van der Waals surface area contributed by atoms with Crippen molar-refractivity contribution in [3.05, 3.63) is 34.9 Å². The molecule has 21 unspecified atom stereocenters. The van der Waals surface area contributed by atoms with Gasteiger partial charge in [-0.1, -0.05) is 152 Å². The zero-order valence-electron chi connectivity index (χ0n) is 60.8. The van der Waals surface area contributed by atoms with E-state index in [9.17, 15) is 48.0 Å². The van der Waals surface area contributed by atoms with Crippen molar-refractivity contribution in [2.75, 3.05) is 27.8 Å². The molecule has 2 aliphatic carbocycles. The van der Waals surface area contributed by atoms with Crippen LogP contribution in [0.5, 0.6) is 0 Å². The summed E-state index contributed by atoms with van der Waals surface area (Å²) in [5, 5.41) is 46.6. The number of cyclic esters (lactones) is 1. The van der Waals surface area contributed by atoms with E-state index in [1.54, 1.807) is 48.5 Å². The fourth-order valence-electron chi connectivity index (χ4n) is 15.7. The lowest BCUT2D eigenvalue weighted by atomic mass is 9.49. The highest BCUT2D eigenvalue weighted by Gasteiger charge is 2.56. The fraction of sp³-hybridized carbons (Fsp3) is 0.861. The van der Waals surface area contributed by atoms with Crippen molar-refractivity contribution in [2.45, 2.75) is 335 Å². The summed E-state index contributed by atoms with van der Waals surface area (Å²) < 4.78 is 76.6. The van der Waals surface area contributed by atoms with E-state index in [2.05, 4.69) is 57.0 Å². The first-order chi connectivity index (χ1) is 43.7. The first-order valence-electron chi connectivity index (χ1n) is 35.3. The normalized spacial score (nSPS) is 37.6. The molecule has 22 heteroatoms. The number of unbranched alkanes of at least 4 members (excludes halogenated alkanes) is 9. The van der Waals surface area contributed by atoms with Gasteiger partial charge in [-0.25, -0.2) is 4.18 Å². The smallest absolute Gasteiger partial charge is 0.397 e. The molecule has 3 aliphatic heterocycles. The van der Waals surface area contributed by atoms with Gasteiger partial charge < -0.3 is 64.2 Å². The van der Waals surface area contributed by atoms with Gasteiger partial charge in [0.25, 0.3) is 0 Å². The molecule has 1 aromatic carbocycles. The molecule has 1 aromatic rings.